The Balaban J connectivity index is 1.63. The van der Waals surface area contributed by atoms with Crippen molar-refractivity contribution in [2.24, 2.45) is 0 Å². The van der Waals surface area contributed by atoms with E-state index in [1.165, 1.54) is 5.06 Å². The Kier molecular flexibility index (Phi) is 4.66. The fourth-order valence-electron chi connectivity index (χ4n) is 2.62. The molecule has 0 radical (unpaired) electrons. The Morgan fingerprint density at radius 3 is 2.43 bits per heavy atom. The van der Waals surface area contributed by atoms with Gasteiger partial charge in [-0.05, 0) is 23.6 Å². The lowest BCUT2D eigenvalue weighted by atomic mass is 9.95. The lowest BCUT2D eigenvalue weighted by Gasteiger charge is -2.44. The van der Waals surface area contributed by atoms with Crippen molar-refractivity contribution in [2.75, 3.05) is 0 Å². The maximum Gasteiger partial charge on any atom is 0.161 e. The molecule has 3 nitrogen and oxygen atoms in total. The Hall–Kier alpha value is -1.89. The summed E-state index contributed by atoms with van der Waals surface area (Å²) in [5, 5.41) is 11.1. The zero-order chi connectivity index (χ0) is 16.4. The Morgan fingerprint density at radius 2 is 1.74 bits per heavy atom. The Morgan fingerprint density at radius 1 is 1.04 bits per heavy atom. The van der Waals surface area contributed by atoms with Crippen molar-refractivity contribution in [1.29, 1.82) is 0 Å². The zero-order valence-corrected chi connectivity index (χ0v) is 12.3. The predicted molar refractivity (Wildman–Crippen MR) is 77.5 cm³/mol. The molecule has 6 heteroatoms. The van der Waals surface area contributed by atoms with E-state index < -0.39 is 23.7 Å². The Bertz CT molecular complexity index is 681. The van der Waals surface area contributed by atoms with Crippen LogP contribution in [0.1, 0.15) is 17.5 Å². The summed E-state index contributed by atoms with van der Waals surface area (Å²) in [5.74, 6) is -3.09. The van der Waals surface area contributed by atoms with Crippen LogP contribution >= 0.6 is 0 Å². The van der Waals surface area contributed by atoms with E-state index >= 15 is 0 Å². The molecule has 2 aromatic rings. The molecule has 0 aromatic heterocycles. The smallest absolute Gasteiger partial charge is 0.161 e. The van der Waals surface area contributed by atoms with Gasteiger partial charge in [0.25, 0.3) is 0 Å². The van der Waals surface area contributed by atoms with Gasteiger partial charge in [-0.3, -0.25) is 4.84 Å². The highest BCUT2D eigenvalue weighted by Gasteiger charge is 2.38. The molecule has 122 valence electrons. The van der Waals surface area contributed by atoms with Gasteiger partial charge in [0.05, 0.1) is 6.61 Å². The SMILES string of the molecule is OC1CC(Cc2cc(F)c(F)cc2F)N1OCc1ccccc1. The van der Waals surface area contributed by atoms with Crippen molar-refractivity contribution >= 4 is 0 Å². The topological polar surface area (TPSA) is 32.7 Å². The molecular weight excluding hydrogens is 307 g/mol. The van der Waals surface area contributed by atoms with Crippen LogP contribution in [0.4, 0.5) is 13.2 Å². The molecule has 1 fully saturated rings. The number of rotatable bonds is 5. The summed E-state index contributed by atoms with van der Waals surface area (Å²) >= 11 is 0. The first-order chi connectivity index (χ1) is 11.0. The zero-order valence-electron chi connectivity index (χ0n) is 12.3. The maximum atomic E-state index is 13.7. The van der Waals surface area contributed by atoms with E-state index in [4.69, 9.17) is 4.84 Å². The molecule has 0 bridgehead atoms. The fraction of sp³-hybridized carbons (Fsp3) is 0.294. The van der Waals surface area contributed by atoms with Crippen molar-refractivity contribution in [2.45, 2.75) is 31.7 Å². The number of hydrogen-bond acceptors (Lipinski definition) is 3. The van der Waals surface area contributed by atoms with Crippen molar-refractivity contribution in [3.63, 3.8) is 0 Å². The summed E-state index contributed by atoms with van der Waals surface area (Å²) in [6, 6.07) is 10.5. The third-order valence-electron chi connectivity index (χ3n) is 3.90. The summed E-state index contributed by atoms with van der Waals surface area (Å²) in [6.45, 7) is 0.272. The monoisotopic (exact) mass is 323 g/mol. The molecule has 0 spiro atoms. The number of hydrogen-bond donors (Lipinski definition) is 1. The van der Waals surface area contributed by atoms with Crippen molar-refractivity contribution < 1.29 is 23.1 Å². The first-order valence-electron chi connectivity index (χ1n) is 7.31. The van der Waals surface area contributed by atoms with E-state index in [2.05, 4.69) is 0 Å². The minimum absolute atomic E-state index is 0.0640. The number of hydroxylamine groups is 2. The molecule has 23 heavy (non-hydrogen) atoms. The minimum atomic E-state index is -1.21. The highest BCUT2D eigenvalue weighted by Crippen LogP contribution is 2.29. The number of nitrogens with zero attached hydrogens (tertiary/aromatic N) is 1. The van der Waals surface area contributed by atoms with Gasteiger partial charge in [-0.25, -0.2) is 13.2 Å². The molecule has 1 heterocycles. The molecule has 1 aliphatic heterocycles. The van der Waals surface area contributed by atoms with Gasteiger partial charge in [-0.15, -0.1) is 0 Å². The van der Waals surface area contributed by atoms with Crippen molar-refractivity contribution in [3.8, 4) is 0 Å². The molecular formula is C17H16F3NO2. The molecule has 1 N–H and O–H groups in total. The molecule has 0 amide bonds. The van der Waals surface area contributed by atoms with E-state index in [0.29, 0.717) is 12.5 Å². The van der Waals surface area contributed by atoms with Crippen LogP contribution in [0.5, 0.6) is 0 Å². The van der Waals surface area contributed by atoms with Gasteiger partial charge >= 0.3 is 0 Å². The third-order valence-corrected chi connectivity index (χ3v) is 3.90. The molecule has 2 aromatic carbocycles. The largest absolute Gasteiger partial charge is 0.376 e. The van der Waals surface area contributed by atoms with E-state index in [9.17, 15) is 18.3 Å². The number of aliphatic hydroxyl groups is 1. The van der Waals surface area contributed by atoms with Crippen LogP contribution in [0.15, 0.2) is 42.5 Å². The van der Waals surface area contributed by atoms with Gasteiger partial charge in [0.15, 0.2) is 11.6 Å². The number of halogens is 3. The number of benzene rings is 2. The fourth-order valence-corrected chi connectivity index (χ4v) is 2.62. The lowest BCUT2D eigenvalue weighted by molar-refractivity contribution is -0.325. The van der Waals surface area contributed by atoms with Crippen LogP contribution < -0.4 is 0 Å². The van der Waals surface area contributed by atoms with Crippen LogP contribution in [0.2, 0.25) is 0 Å². The summed E-state index contributed by atoms with van der Waals surface area (Å²) in [4.78, 5) is 5.55. The average molecular weight is 323 g/mol. The van der Waals surface area contributed by atoms with Gasteiger partial charge in [0.1, 0.15) is 12.0 Å². The summed E-state index contributed by atoms with van der Waals surface area (Å²) in [5.41, 5.74) is 0.999. The van der Waals surface area contributed by atoms with Gasteiger partial charge in [0, 0.05) is 18.5 Å². The predicted octanol–water partition coefficient (Wildman–Crippen LogP) is 3.17. The van der Waals surface area contributed by atoms with Crippen molar-refractivity contribution in [3.05, 3.63) is 71.0 Å². The van der Waals surface area contributed by atoms with E-state index in [-0.39, 0.29) is 24.6 Å². The normalized spacial score (nSPS) is 21.2. The summed E-state index contributed by atoms with van der Waals surface area (Å²) < 4.78 is 39.9. The summed E-state index contributed by atoms with van der Waals surface area (Å²) in [6.07, 6.45) is -0.265. The van der Waals surface area contributed by atoms with Crippen LogP contribution in [0.25, 0.3) is 0 Å². The van der Waals surface area contributed by atoms with Gasteiger partial charge in [-0.2, -0.15) is 5.06 Å². The van der Waals surface area contributed by atoms with Crippen LogP contribution in [-0.2, 0) is 17.9 Å². The van der Waals surface area contributed by atoms with E-state index in [0.717, 1.165) is 11.6 Å². The highest BCUT2D eigenvalue weighted by molar-refractivity contribution is 5.21. The molecule has 0 saturated carbocycles. The molecule has 3 rings (SSSR count). The molecule has 1 aliphatic rings. The Labute approximate surface area is 131 Å². The van der Waals surface area contributed by atoms with Gasteiger partial charge in [0.2, 0.25) is 0 Å². The van der Waals surface area contributed by atoms with Crippen LogP contribution in [0.3, 0.4) is 0 Å². The van der Waals surface area contributed by atoms with Crippen molar-refractivity contribution in [1.82, 2.24) is 5.06 Å². The molecule has 0 aliphatic carbocycles. The second-order valence-corrected chi connectivity index (χ2v) is 5.55. The lowest BCUT2D eigenvalue weighted by Crippen LogP contribution is -2.56. The van der Waals surface area contributed by atoms with Gasteiger partial charge in [-0.1, -0.05) is 30.3 Å². The third kappa shape index (κ3) is 3.55. The van der Waals surface area contributed by atoms with Crippen LogP contribution in [0, 0.1) is 17.5 Å². The molecule has 2 unspecified atom stereocenters. The average Bonchev–Trinajstić information content (AvgIpc) is 2.53. The second kappa shape index (κ2) is 6.70. The van der Waals surface area contributed by atoms with Gasteiger partial charge < -0.3 is 5.11 Å². The molecule has 2 atom stereocenters. The standard InChI is InChI=1S/C17H16F3NO2/c18-14-9-16(20)15(19)7-12(14)6-13-8-17(22)21(13)23-10-11-4-2-1-3-5-11/h1-5,7,9,13,17,22H,6,8,10H2. The van der Waals surface area contributed by atoms with Crippen LogP contribution in [-0.4, -0.2) is 22.4 Å². The quantitative estimate of drug-likeness (QED) is 0.858. The second-order valence-electron chi connectivity index (χ2n) is 5.55. The first-order valence-corrected chi connectivity index (χ1v) is 7.31. The first kappa shape index (κ1) is 16.0. The maximum absolute atomic E-state index is 13.7. The molecule has 1 saturated heterocycles. The van der Waals surface area contributed by atoms with E-state index in [1.807, 2.05) is 30.3 Å². The highest BCUT2D eigenvalue weighted by atomic mass is 19.2. The minimum Gasteiger partial charge on any atom is -0.376 e. The summed E-state index contributed by atoms with van der Waals surface area (Å²) in [7, 11) is 0. The van der Waals surface area contributed by atoms with E-state index in [1.54, 1.807) is 0 Å². The number of aliphatic hydroxyl groups excluding tert-OH is 1.